The van der Waals surface area contributed by atoms with Gasteiger partial charge in [-0.3, -0.25) is 4.79 Å². The summed E-state index contributed by atoms with van der Waals surface area (Å²) in [6.07, 6.45) is 2.40. The molecule has 23 heavy (non-hydrogen) atoms. The molecule has 8 heteroatoms. The Bertz CT molecular complexity index is 724. The van der Waals surface area contributed by atoms with Crippen molar-refractivity contribution in [2.75, 3.05) is 18.4 Å². The van der Waals surface area contributed by atoms with E-state index in [1.54, 1.807) is 16.0 Å². The van der Waals surface area contributed by atoms with Gasteiger partial charge in [0.15, 0.2) is 0 Å². The van der Waals surface area contributed by atoms with Gasteiger partial charge in [-0.25, -0.2) is 4.68 Å². The van der Waals surface area contributed by atoms with E-state index in [-0.39, 0.29) is 12.5 Å². The second-order valence-corrected chi connectivity index (χ2v) is 5.87. The number of thiophene rings is 1. The number of tetrazole rings is 1. The van der Waals surface area contributed by atoms with Crippen molar-refractivity contribution in [1.29, 1.82) is 0 Å². The van der Waals surface area contributed by atoms with Crippen LogP contribution in [0.4, 0.5) is 5.69 Å². The monoisotopic (exact) mass is 328 g/mol. The van der Waals surface area contributed by atoms with Crippen LogP contribution in [-0.2, 0) is 11.2 Å². The van der Waals surface area contributed by atoms with Gasteiger partial charge < -0.3 is 10.6 Å². The van der Waals surface area contributed by atoms with Gasteiger partial charge in [0.2, 0.25) is 5.91 Å². The average Bonchev–Trinajstić information content (AvgIpc) is 3.27. The first-order valence-electron chi connectivity index (χ1n) is 7.17. The van der Waals surface area contributed by atoms with Gasteiger partial charge in [-0.05, 0) is 52.6 Å². The van der Waals surface area contributed by atoms with Crippen LogP contribution < -0.4 is 10.6 Å². The Morgan fingerprint density at radius 2 is 2.09 bits per heavy atom. The van der Waals surface area contributed by atoms with Crippen molar-refractivity contribution in [1.82, 2.24) is 25.5 Å². The molecule has 7 nitrogen and oxygen atoms in total. The first-order valence-corrected chi connectivity index (χ1v) is 8.05. The number of nitrogens with one attached hydrogen (secondary N) is 2. The Hall–Kier alpha value is -2.74. The highest BCUT2D eigenvalue weighted by Crippen LogP contribution is 2.11. The van der Waals surface area contributed by atoms with Crippen LogP contribution in [0, 0.1) is 0 Å². The summed E-state index contributed by atoms with van der Waals surface area (Å²) in [4.78, 5) is 13.1. The lowest BCUT2D eigenvalue weighted by atomic mass is 10.3. The number of benzene rings is 1. The van der Waals surface area contributed by atoms with Crippen molar-refractivity contribution < 1.29 is 4.79 Å². The Labute approximate surface area is 137 Å². The van der Waals surface area contributed by atoms with E-state index in [2.05, 4.69) is 32.2 Å². The fourth-order valence-corrected chi connectivity index (χ4v) is 2.75. The zero-order valence-corrected chi connectivity index (χ0v) is 13.2. The van der Waals surface area contributed by atoms with E-state index in [9.17, 15) is 4.79 Å². The second kappa shape index (κ2) is 7.50. The maximum atomic E-state index is 11.8. The van der Waals surface area contributed by atoms with Gasteiger partial charge >= 0.3 is 0 Å². The Morgan fingerprint density at radius 3 is 2.78 bits per heavy atom. The Morgan fingerprint density at radius 1 is 1.22 bits per heavy atom. The predicted octanol–water partition coefficient (Wildman–Crippen LogP) is 1.49. The first-order chi connectivity index (χ1) is 11.3. The highest BCUT2D eigenvalue weighted by molar-refractivity contribution is 7.09. The molecule has 3 rings (SSSR count). The third-order valence-corrected chi connectivity index (χ3v) is 4.14. The van der Waals surface area contributed by atoms with Crippen LogP contribution in [0.3, 0.4) is 0 Å². The van der Waals surface area contributed by atoms with E-state index in [0.29, 0.717) is 6.54 Å². The molecule has 2 aromatic heterocycles. The van der Waals surface area contributed by atoms with Gasteiger partial charge in [-0.1, -0.05) is 6.07 Å². The highest BCUT2D eigenvalue weighted by atomic mass is 32.1. The summed E-state index contributed by atoms with van der Waals surface area (Å²) in [5.74, 6) is -0.0221. The number of nitrogens with zero attached hydrogens (tertiary/aromatic N) is 4. The summed E-state index contributed by atoms with van der Waals surface area (Å²) in [7, 11) is 0. The maximum Gasteiger partial charge on any atom is 0.239 e. The van der Waals surface area contributed by atoms with Gasteiger partial charge in [0, 0.05) is 17.1 Å². The molecule has 1 amide bonds. The molecule has 0 aliphatic rings. The SMILES string of the molecule is O=C(CNc1ccc(-n2cnnn2)cc1)NCCc1cccs1. The summed E-state index contributed by atoms with van der Waals surface area (Å²) >= 11 is 1.70. The molecule has 0 atom stereocenters. The van der Waals surface area contributed by atoms with E-state index >= 15 is 0 Å². The molecule has 0 radical (unpaired) electrons. The zero-order valence-electron chi connectivity index (χ0n) is 12.3. The van der Waals surface area contributed by atoms with E-state index in [0.717, 1.165) is 17.8 Å². The number of aromatic nitrogens is 4. The molecular weight excluding hydrogens is 312 g/mol. The molecular formula is C15H16N6OS. The molecule has 2 N–H and O–H groups in total. The minimum Gasteiger partial charge on any atom is -0.376 e. The topological polar surface area (TPSA) is 84.7 Å². The van der Waals surface area contributed by atoms with E-state index in [4.69, 9.17) is 0 Å². The number of rotatable bonds is 7. The lowest BCUT2D eigenvalue weighted by molar-refractivity contribution is -0.119. The number of carbonyl (C=O) groups is 1. The summed E-state index contributed by atoms with van der Waals surface area (Å²) in [6.45, 7) is 0.897. The largest absolute Gasteiger partial charge is 0.376 e. The standard InChI is InChI=1S/C15H16N6OS/c22-15(16-8-7-14-2-1-9-23-14)10-17-12-3-5-13(6-4-12)21-11-18-19-20-21/h1-6,9,11,17H,7-8,10H2,(H,16,22). The number of anilines is 1. The fourth-order valence-electron chi connectivity index (χ4n) is 2.04. The predicted molar refractivity (Wildman–Crippen MR) is 88.7 cm³/mol. The molecule has 3 aromatic rings. The smallest absolute Gasteiger partial charge is 0.239 e. The van der Waals surface area contributed by atoms with E-state index < -0.39 is 0 Å². The lowest BCUT2D eigenvalue weighted by Crippen LogP contribution is -2.31. The summed E-state index contributed by atoms with van der Waals surface area (Å²) in [5, 5.41) is 19.0. The van der Waals surface area contributed by atoms with Gasteiger partial charge in [-0.15, -0.1) is 16.4 Å². The summed E-state index contributed by atoms with van der Waals surface area (Å²) in [6, 6.07) is 11.6. The molecule has 0 spiro atoms. The molecule has 1 aromatic carbocycles. The summed E-state index contributed by atoms with van der Waals surface area (Å²) in [5.41, 5.74) is 1.73. The van der Waals surface area contributed by atoms with E-state index in [1.165, 1.54) is 11.2 Å². The third-order valence-electron chi connectivity index (χ3n) is 3.21. The van der Waals surface area contributed by atoms with Crippen LogP contribution in [0.2, 0.25) is 0 Å². The van der Waals surface area contributed by atoms with Gasteiger partial charge in [0.05, 0.1) is 12.2 Å². The number of hydrogen-bond acceptors (Lipinski definition) is 6. The van der Waals surface area contributed by atoms with Crippen LogP contribution >= 0.6 is 11.3 Å². The second-order valence-electron chi connectivity index (χ2n) is 4.83. The lowest BCUT2D eigenvalue weighted by Gasteiger charge is -2.08. The number of amides is 1. The maximum absolute atomic E-state index is 11.8. The van der Waals surface area contributed by atoms with Crippen LogP contribution in [0.25, 0.3) is 5.69 Å². The minimum absolute atomic E-state index is 0.0221. The molecule has 0 aliphatic heterocycles. The molecule has 0 saturated heterocycles. The molecule has 0 fully saturated rings. The normalized spacial score (nSPS) is 10.4. The van der Waals surface area contributed by atoms with Crippen molar-refractivity contribution in [3.63, 3.8) is 0 Å². The van der Waals surface area contributed by atoms with Crippen molar-refractivity contribution in [3.05, 3.63) is 53.0 Å². The molecule has 2 heterocycles. The molecule has 118 valence electrons. The Balaban J connectivity index is 1.42. The quantitative estimate of drug-likeness (QED) is 0.686. The molecule has 0 saturated carbocycles. The number of hydrogen-bond donors (Lipinski definition) is 2. The fraction of sp³-hybridized carbons (Fsp3) is 0.200. The van der Waals surface area contributed by atoms with Gasteiger partial charge in [0.25, 0.3) is 0 Å². The van der Waals surface area contributed by atoms with Gasteiger partial charge in [0.1, 0.15) is 6.33 Å². The minimum atomic E-state index is -0.0221. The van der Waals surface area contributed by atoms with Crippen LogP contribution in [0.15, 0.2) is 48.1 Å². The van der Waals surface area contributed by atoms with Crippen LogP contribution in [-0.4, -0.2) is 39.2 Å². The van der Waals surface area contributed by atoms with Crippen molar-refractivity contribution in [2.24, 2.45) is 0 Å². The zero-order chi connectivity index (χ0) is 15.9. The number of carbonyl (C=O) groups excluding carboxylic acids is 1. The average molecular weight is 328 g/mol. The van der Waals surface area contributed by atoms with Crippen molar-refractivity contribution >= 4 is 22.9 Å². The third kappa shape index (κ3) is 4.36. The van der Waals surface area contributed by atoms with E-state index in [1.807, 2.05) is 35.7 Å². The Kier molecular flexibility index (Phi) is 4.95. The van der Waals surface area contributed by atoms with Crippen LogP contribution in [0.1, 0.15) is 4.88 Å². The summed E-state index contributed by atoms with van der Waals surface area (Å²) < 4.78 is 1.57. The van der Waals surface area contributed by atoms with Crippen molar-refractivity contribution in [3.8, 4) is 5.69 Å². The van der Waals surface area contributed by atoms with Crippen LogP contribution in [0.5, 0.6) is 0 Å². The first kappa shape index (κ1) is 15.2. The molecule has 0 bridgehead atoms. The molecule has 0 aliphatic carbocycles. The highest BCUT2D eigenvalue weighted by Gasteiger charge is 2.02. The van der Waals surface area contributed by atoms with Crippen molar-refractivity contribution in [2.45, 2.75) is 6.42 Å². The molecule has 0 unspecified atom stereocenters. The van der Waals surface area contributed by atoms with Gasteiger partial charge in [-0.2, -0.15) is 0 Å².